The first kappa shape index (κ1) is 19.3. The molecule has 0 spiro atoms. The summed E-state index contributed by atoms with van der Waals surface area (Å²) in [6.07, 6.45) is 1.57. The summed E-state index contributed by atoms with van der Waals surface area (Å²) in [5.41, 5.74) is 1.51. The van der Waals surface area contributed by atoms with Crippen LogP contribution in [0.3, 0.4) is 0 Å². The van der Waals surface area contributed by atoms with Crippen LogP contribution < -0.4 is 15.1 Å². The fraction of sp³-hybridized carbons (Fsp3) is 0.400. The maximum absolute atomic E-state index is 9.57. The number of aromatic nitrogens is 4. The molecule has 0 saturated carbocycles. The number of hydrogen-bond donors (Lipinski definition) is 2. The highest BCUT2D eigenvalue weighted by atomic mass is 32.2. The zero-order valence-corrected chi connectivity index (χ0v) is 17.3. The number of hydrogen-bond acceptors (Lipinski definition) is 10. The van der Waals surface area contributed by atoms with E-state index in [4.69, 9.17) is 14.7 Å². The van der Waals surface area contributed by atoms with Gasteiger partial charge in [-0.1, -0.05) is 11.8 Å². The Balaban J connectivity index is 1.60. The van der Waals surface area contributed by atoms with Gasteiger partial charge in [0.15, 0.2) is 5.82 Å². The molecule has 3 aromatic rings. The summed E-state index contributed by atoms with van der Waals surface area (Å²) in [6, 6.07) is 7.09. The lowest BCUT2D eigenvalue weighted by molar-refractivity contribution is 0.122. The van der Waals surface area contributed by atoms with Crippen molar-refractivity contribution >= 4 is 34.6 Å². The first-order chi connectivity index (χ1) is 14.8. The van der Waals surface area contributed by atoms with Crippen LogP contribution in [0, 0.1) is 0 Å². The van der Waals surface area contributed by atoms with Gasteiger partial charge in [-0.25, -0.2) is 15.0 Å². The minimum Gasteiger partial charge on any atom is -0.508 e. The predicted octanol–water partition coefficient (Wildman–Crippen LogP) is 1.52. The Labute approximate surface area is 178 Å². The fourth-order valence-electron chi connectivity index (χ4n) is 3.60. The van der Waals surface area contributed by atoms with Crippen molar-refractivity contribution in [1.82, 2.24) is 25.3 Å². The molecule has 2 aromatic heterocycles. The highest BCUT2D eigenvalue weighted by Gasteiger charge is 2.23. The summed E-state index contributed by atoms with van der Waals surface area (Å²) in [4.78, 5) is 24.3. The second-order valence-corrected chi connectivity index (χ2v) is 8.22. The van der Waals surface area contributed by atoms with Crippen molar-refractivity contribution in [2.45, 2.75) is 9.92 Å². The van der Waals surface area contributed by atoms with Gasteiger partial charge in [0.05, 0.1) is 13.2 Å². The molecule has 0 atom stereocenters. The second-order valence-electron chi connectivity index (χ2n) is 7.16. The Hall–Kier alpha value is -2.69. The lowest BCUT2D eigenvalue weighted by Crippen LogP contribution is -2.44. The molecule has 0 aliphatic carbocycles. The molecule has 0 unspecified atom stereocenters. The third-order valence-electron chi connectivity index (χ3n) is 5.18. The Morgan fingerprint density at radius 2 is 1.67 bits per heavy atom. The molecule has 10 heteroatoms. The number of rotatable bonds is 4. The number of morpholine rings is 1. The third kappa shape index (κ3) is 3.98. The maximum atomic E-state index is 9.57. The van der Waals surface area contributed by atoms with Crippen molar-refractivity contribution in [2.24, 2.45) is 0 Å². The first-order valence-corrected chi connectivity index (χ1v) is 10.9. The smallest absolute Gasteiger partial charge is 0.228 e. The Kier molecular flexibility index (Phi) is 5.52. The van der Waals surface area contributed by atoms with Crippen molar-refractivity contribution < 1.29 is 9.84 Å². The minimum atomic E-state index is 0.241. The van der Waals surface area contributed by atoms with Crippen molar-refractivity contribution in [3.05, 3.63) is 30.6 Å². The van der Waals surface area contributed by atoms with Crippen molar-refractivity contribution in [1.29, 1.82) is 0 Å². The summed E-state index contributed by atoms with van der Waals surface area (Å²) in [5.74, 6) is 1.80. The molecule has 0 amide bonds. The Morgan fingerprint density at radius 1 is 0.900 bits per heavy atom. The average molecular weight is 426 g/mol. The van der Waals surface area contributed by atoms with Gasteiger partial charge in [-0.15, -0.1) is 0 Å². The Morgan fingerprint density at radius 3 is 2.43 bits per heavy atom. The first-order valence-electron chi connectivity index (χ1n) is 10.1. The van der Waals surface area contributed by atoms with E-state index in [0.29, 0.717) is 19.2 Å². The zero-order chi connectivity index (χ0) is 20.3. The van der Waals surface area contributed by atoms with Gasteiger partial charge in [-0.3, -0.25) is 0 Å². The third-order valence-corrected chi connectivity index (χ3v) is 6.18. The molecule has 0 bridgehead atoms. The molecular formula is C20H23N7O2S. The van der Waals surface area contributed by atoms with Crippen LogP contribution in [0.25, 0.3) is 11.0 Å². The average Bonchev–Trinajstić information content (AvgIpc) is 2.81. The number of nitrogens with one attached hydrogen (secondary N) is 1. The van der Waals surface area contributed by atoms with Crippen LogP contribution >= 0.6 is 11.8 Å². The van der Waals surface area contributed by atoms with E-state index in [1.807, 2.05) is 12.1 Å². The van der Waals surface area contributed by atoms with Gasteiger partial charge in [0.2, 0.25) is 5.95 Å². The van der Waals surface area contributed by atoms with E-state index in [0.717, 1.165) is 66.0 Å². The molecule has 156 valence electrons. The number of phenolic OH excluding ortho intramolecular Hbond substituents is 1. The lowest BCUT2D eigenvalue weighted by Gasteiger charge is -2.31. The predicted molar refractivity (Wildman–Crippen MR) is 115 cm³/mol. The van der Waals surface area contributed by atoms with E-state index in [2.05, 4.69) is 25.1 Å². The number of aromatic hydroxyl groups is 1. The number of phenols is 1. The van der Waals surface area contributed by atoms with Gasteiger partial charge < -0.3 is 25.0 Å². The van der Waals surface area contributed by atoms with E-state index >= 15 is 0 Å². The molecule has 5 rings (SSSR count). The van der Waals surface area contributed by atoms with Gasteiger partial charge in [-0.2, -0.15) is 4.98 Å². The monoisotopic (exact) mass is 425 g/mol. The van der Waals surface area contributed by atoms with Crippen LogP contribution in [0.2, 0.25) is 0 Å². The highest BCUT2D eigenvalue weighted by molar-refractivity contribution is 7.99. The summed E-state index contributed by atoms with van der Waals surface area (Å²) in [5, 5.41) is 13.7. The van der Waals surface area contributed by atoms with E-state index in [1.54, 1.807) is 18.5 Å². The topological polar surface area (TPSA) is 99.5 Å². The number of ether oxygens (including phenoxy) is 1. The largest absolute Gasteiger partial charge is 0.508 e. The minimum absolute atomic E-state index is 0.241. The second kappa shape index (κ2) is 8.58. The number of benzene rings is 1. The summed E-state index contributed by atoms with van der Waals surface area (Å²) >= 11 is 1.51. The number of nitrogens with zero attached hydrogens (tertiary/aromatic N) is 6. The number of piperazine rings is 1. The normalized spacial score (nSPS) is 17.5. The molecule has 2 aliphatic heterocycles. The van der Waals surface area contributed by atoms with Crippen LogP contribution in [0.1, 0.15) is 0 Å². The molecule has 9 nitrogen and oxygen atoms in total. The number of fused-ring (bicyclic) bond motifs is 1. The summed E-state index contributed by atoms with van der Waals surface area (Å²) < 4.78 is 5.53. The van der Waals surface area contributed by atoms with Crippen molar-refractivity contribution in [3.63, 3.8) is 0 Å². The van der Waals surface area contributed by atoms with Crippen LogP contribution in [0.4, 0.5) is 11.8 Å². The number of anilines is 2. The molecule has 30 heavy (non-hydrogen) atoms. The molecular weight excluding hydrogens is 402 g/mol. The van der Waals surface area contributed by atoms with Gasteiger partial charge >= 0.3 is 0 Å². The van der Waals surface area contributed by atoms with E-state index in [9.17, 15) is 5.11 Å². The molecule has 2 N–H and O–H groups in total. The van der Waals surface area contributed by atoms with E-state index in [1.165, 1.54) is 11.8 Å². The van der Waals surface area contributed by atoms with Crippen LogP contribution in [0.5, 0.6) is 5.75 Å². The SMILES string of the molecule is Oc1ccc(Sc2ncnc3c(N4CCOCC4)nc(N4CCNCC4)nc23)cc1. The van der Waals surface area contributed by atoms with Gasteiger partial charge in [0, 0.05) is 44.2 Å². The van der Waals surface area contributed by atoms with E-state index in [-0.39, 0.29) is 5.75 Å². The molecule has 2 saturated heterocycles. The lowest BCUT2D eigenvalue weighted by atomic mass is 10.3. The van der Waals surface area contributed by atoms with Gasteiger partial charge in [0.1, 0.15) is 28.1 Å². The zero-order valence-electron chi connectivity index (χ0n) is 16.5. The molecule has 2 fully saturated rings. The molecule has 0 radical (unpaired) electrons. The molecule has 4 heterocycles. The standard InChI is InChI=1S/C20H23N7O2S/c28-14-1-3-15(4-2-14)30-19-17-16(22-13-23-19)18(26-9-11-29-12-10-26)25-20(24-17)27-7-5-21-6-8-27/h1-4,13,21,28H,5-12H2. The quantitative estimate of drug-likeness (QED) is 0.599. The van der Waals surface area contributed by atoms with Crippen LogP contribution in [-0.2, 0) is 4.74 Å². The van der Waals surface area contributed by atoms with Gasteiger partial charge in [0.25, 0.3) is 0 Å². The van der Waals surface area contributed by atoms with Crippen molar-refractivity contribution in [3.8, 4) is 5.75 Å². The highest BCUT2D eigenvalue weighted by Crippen LogP contribution is 2.34. The van der Waals surface area contributed by atoms with E-state index < -0.39 is 0 Å². The van der Waals surface area contributed by atoms with Gasteiger partial charge in [-0.05, 0) is 24.3 Å². The summed E-state index contributed by atoms with van der Waals surface area (Å²) in [6.45, 7) is 6.45. The Bertz CT molecular complexity index is 1020. The molecule has 1 aromatic carbocycles. The maximum Gasteiger partial charge on any atom is 0.228 e. The van der Waals surface area contributed by atoms with Crippen LogP contribution in [0.15, 0.2) is 40.5 Å². The molecule has 2 aliphatic rings. The van der Waals surface area contributed by atoms with Crippen molar-refractivity contribution in [2.75, 3.05) is 62.3 Å². The summed E-state index contributed by atoms with van der Waals surface area (Å²) in [7, 11) is 0. The fourth-order valence-corrected chi connectivity index (χ4v) is 4.44. The van der Waals surface area contributed by atoms with Crippen LogP contribution in [-0.4, -0.2) is 77.5 Å².